The number of hydrogen-bond acceptors (Lipinski definition) is 2. The molecule has 0 spiro atoms. The molecule has 12 radical (unpaired) electrons. The van der Waals surface area contributed by atoms with Gasteiger partial charge >= 0.3 is 64.3 Å². The molecule has 2 N–H and O–H groups in total. The fourth-order valence-corrected chi connectivity index (χ4v) is 11.2. The number of benzene rings is 4. The Balaban J connectivity index is 0.000000351. The SMILES string of the molecule is CC(NC(=O)CCC(=O)O)[C]1[CH][CH][CH][CH][C]1[PH+](c1ccccc1)c1ccccc1.[CH]1[CH][CH][C]([PH+](c2ccccc2)c2ccccc2)[CH][CH]1.[Cl][Au].[Cl][Au].[Ru]. The number of halogens is 2. The summed E-state index contributed by atoms with van der Waals surface area (Å²) in [5.41, 5.74) is 2.66. The van der Waals surface area contributed by atoms with Crippen LogP contribution in [0.4, 0.5) is 0 Å². The van der Waals surface area contributed by atoms with E-state index < -0.39 is 21.8 Å². The number of carbonyl (C=O) groups is 2. The molecule has 2 aliphatic rings. The molecule has 2 aliphatic carbocycles. The molecular formula is C42H41Au2Cl2NO3P2Ru+2. The third-order valence-electron chi connectivity index (χ3n) is 7.95. The first-order chi connectivity index (χ1) is 25.5. The standard InChI is InChI=1S/C24H25NO3P.C18H16P.2Au.2ClH.Ru/c1-18(25-23(26)16-17-24(27)28)21-14-8-9-15-22(21)29(19-10-4-2-5-11-19)20-12-6-3-7-13-20;1-4-10-16(11-5-1)19(17-12-6-2-7-13-17)18-14-8-3-9-15-18;;;;;/h2-15,18,29H,16-17H2,1H3,(H,25,26)(H,27,28);1-15,19H;;;2*1H;/q4*+1;;;/p-2. The van der Waals surface area contributed by atoms with Crippen LogP contribution in [-0.4, -0.2) is 23.0 Å². The van der Waals surface area contributed by atoms with Crippen molar-refractivity contribution in [3.8, 4) is 0 Å². The van der Waals surface area contributed by atoms with Gasteiger partial charge in [0.2, 0.25) is 5.91 Å². The zero-order valence-corrected chi connectivity index (χ0v) is 38.3. The maximum atomic E-state index is 12.2. The van der Waals surface area contributed by atoms with Gasteiger partial charge in [0.15, 0.2) is 0 Å². The molecule has 6 rings (SSSR count). The van der Waals surface area contributed by atoms with E-state index in [4.69, 9.17) is 5.11 Å². The van der Waals surface area contributed by atoms with Gasteiger partial charge in [-0.2, -0.15) is 0 Å². The van der Waals surface area contributed by atoms with Gasteiger partial charge in [-0.25, -0.2) is 0 Å². The predicted octanol–water partition coefficient (Wildman–Crippen LogP) is 7.95. The number of amides is 1. The Morgan fingerprint density at radius 1 is 0.585 bits per heavy atom. The van der Waals surface area contributed by atoms with Crippen molar-refractivity contribution < 1.29 is 74.1 Å². The Hall–Kier alpha value is -0.636. The van der Waals surface area contributed by atoms with E-state index >= 15 is 0 Å². The number of carboxylic acid groups (broad SMARTS) is 1. The van der Waals surface area contributed by atoms with Crippen molar-refractivity contribution in [3.05, 3.63) is 196 Å². The fraction of sp³-hybridized carbons (Fsp3) is 0.0952. The topological polar surface area (TPSA) is 66.4 Å². The van der Waals surface area contributed by atoms with Crippen LogP contribution in [0.2, 0.25) is 0 Å². The Morgan fingerprint density at radius 2 is 0.962 bits per heavy atom. The number of carbonyl (C=O) groups excluding carboxylic acids is 1. The summed E-state index contributed by atoms with van der Waals surface area (Å²) in [5.74, 6) is -0.146. The van der Waals surface area contributed by atoms with Gasteiger partial charge in [0.25, 0.3) is 0 Å². The van der Waals surface area contributed by atoms with E-state index in [1.54, 1.807) is 40.0 Å². The fourth-order valence-electron chi connectivity index (χ4n) is 5.72. The summed E-state index contributed by atoms with van der Waals surface area (Å²) in [4.78, 5) is 22.9. The number of rotatable bonds is 11. The van der Waals surface area contributed by atoms with Crippen molar-refractivity contribution in [2.24, 2.45) is 0 Å². The van der Waals surface area contributed by atoms with Gasteiger partial charge in [-0.1, -0.05) is 72.8 Å². The van der Waals surface area contributed by atoms with Crippen LogP contribution in [0.3, 0.4) is 0 Å². The third-order valence-corrected chi connectivity index (χ3v) is 13.5. The summed E-state index contributed by atoms with van der Waals surface area (Å²) in [6.45, 7) is 1.95. The van der Waals surface area contributed by atoms with Crippen LogP contribution in [0, 0.1) is 75.0 Å². The zero-order chi connectivity index (χ0) is 37.6. The van der Waals surface area contributed by atoms with Gasteiger partial charge in [0.05, 0.1) is 49.4 Å². The normalized spacial score (nSPS) is 15.3. The van der Waals surface area contributed by atoms with Gasteiger partial charge in [0.1, 0.15) is 11.3 Å². The first kappa shape index (κ1) is 48.5. The summed E-state index contributed by atoms with van der Waals surface area (Å²) in [7, 11) is 7.03. The molecule has 0 aromatic heterocycles. The molecule has 0 heterocycles. The average molecular weight is 1240 g/mol. The molecule has 2 saturated carbocycles. The van der Waals surface area contributed by atoms with Crippen molar-refractivity contribution in [2.45, 2.75) is 25.8 Å². The molecule has 4 aromatic rings. The Morgan fingerprint density at radius 3 is 1.38 bits per heavy atom. The second-order valence-electron chi connectivity index (χ2n) is 11.4. The van der Waals surface area contributed by atoms with Crippen LogP contribution in [0.1, 0.15) is 19.8 Å². The Labute approximate surface area is 365 Å². The zero-order valence-electron chi connectivity index (χ0n) is 28.7. The number of nitrogens with one attached hydrogen (secondary N) is 1. The van der Waals surface area contributed by atoms with Gasteiger partial charge in [-0.3, -0.25) is 9.59 Å². The van der Waals surface area contributed by atoms with E-state index in [0.29, 0.717) is 0 Å². The van der Waals surface area contributed by atoms with E-state index in [2.05, 4.69) is 171 Å². The van der Waals surface area contributed by atoms with Crippen molar-refractivity contribution >= 4 is 67.3 Å². The van der Waals surface area contributed by atoms with E-state index in [9.17, 15) is 9.59 Å². The average Bonchev–Trinajstić information content (AvgIpc) is 3.21. The molecule has 0 saturated heterocycles. The molecule has 11 heteroatoms. The second-order valence-corrected chi connectivity index (χ2v) is 16.3. The largest absolute Gasteiger partial charge is 0 e. The summed E-state index contributed by atoms with van der Waals surface area (Å²) in [6, 6.07) is 42.4. The summed E-state index contributed by atoms with van der Waals surface area (Å²) in [5, 5.41) is 17.2. The Kier molecular flexibility index (Phi) is 26.3. The summed E-state index contributed by atoms with van der Waals surface area (Å²) < 4.78 is 0. The molecule has 4 aromatic carbocycles. The summed E-state index contributed by atoms with van der Waals surface area (Å²) >= 11 is 3.50. The first-order valence-electron chi connectivity index (χ1n) is 16.4. The maximum absolute atomic E-state index is 12.2. The minimum absolute atomic E-state index is 0. The van der Waals surface area contributed by atoms with Crippen LogP contribution < -0.4 is 26.5 Å². The van der Waals surface area contributed by atoms with Crippen molar-refractivity contribution in [2.75, 3.05) is 0 Å². The minimum atomic E-state index is -1.26. The van der Waals surface area contributed by atoms with Crippen LogP contribution in [0.5, 0.6) is 0 Å². The quantitative estimate of drug-likeness (QED) is 0.119. The van der Waals surface area contributed by atoms with E-state index in [-0.39, 0.29) is 44.3 Å². The van der Waals surface area contributed by atoms with Crippen molar-refractivity contribution in [1.29, 1.82) is 0 Å². The van der Waals surface area contributed by atoms with Gasteiger partial charge < -0.3 is 10.4 Å². The van der Waals surface area contributed by atoms with Crippen molar-refractivity contribution in [3.63, 3.8) is 0 Å². The Bertz CT molecular complexity index is 1470. The molecule has 2 fully saturated rings. The molecule has 0 bridgehead atoms. The van der Waals surface area contributed by atoms with E-state index in [0.717, 1.165) is 5.92 Å². The van der Waals surface area contributed by atoms with E-state index in [1.807, 2.05) is 38.3 Å². The molecule has 4 nitrogen and oxygen atoms in total. The summed E-state index contributed by atoms with van der Waals surface area (Å²) in [6.07, 6.45) is 18.9. The molecule has 53 heavy (non-hydrogen) atoms. The monoisotopic (exact) mass is 1240 g/mol. The number of hydrogen-bond donors (Lipinski definition) is 2. The number of aliphatic carboxylic acids is 1. The van der Waals surface area contributed by atoms with Crippen LogP contribution in [0.15, 0.2) is 121 Å². The van der Waals surface area contributed by atoms with Crippen LogP contribution in [0.25, 0.3) is 0 Å². The van der Waals surface area contributed by atoms with Crippen molar-refractivity contribution in [1.82, 2.24) is 5.32 Å². The molecule has 1 amide bonds. The van der Waals surface area contributed by atoms with Crippen LogP contribution in [-0.2, 0) is 69.0 Å². The van der Waals surface area contributed by atoms with Gasteiger partial charge in [-0.15, -0.1) is 0 Å². The molecule has 284 valence electrons. The van der Waals surface area contributed by atoms with Gasteiger partial charge in [0, 0.05) is 51.2 Å². The molecule has 0 aliphatic heterocycles. The smallest absolute Gasteiger partial charge is 0 e. The first-order valence-corrected chi connectivity index (χ1v) is 24.7. The minimum Gasteiger partial charge on any atom is 0 e. The number of carboxylic acids is 1. The van der Waals surface area contributed by atoms with Gasteiger partial charge in [-0.05, 0) is 94.0 Å². The van der Waals surface area contributed by atoms with E-state index in [1.165, 1.54) is 32.5 Å². The van der Waals surface area contributed by atoms with Crippen LogP contribution >= 0.6 is 34.2 Å². The maximum Gasteiger partial charge on any atom is 0 e. The molecular weight excluding hydrogens is 1190 g/mol. The molecule has 1 unspecified atom stereocenters. The second kappa shape index (κ2) is 28.7. The molecule has 1 atom stereocenters. The third kappa shape index (κ3) is 16.4. The predicted molar refractivity (Wildman–Crippen MR) is 216 cm³/mol.